The highest BCUT2D eigenvalue weighted by Gasteiger charge is 1.93. The van der Waals surface area contributed by atoms with Crippen molar-refractivity contribution < 1.29 is 4.79 Å². The number of piperazine rings is 1. The van der Waals surface area contributed by atoms with Crippen LogP contribution in [0.4, 0.5) is 0 Å². The standard InChI is InChI=1S/C8H8O.C6H4.C4H10N2/c1-7(9)8-5-3-2-4-6-8;1-2-6-4-3-5(1)6;1-2-6-4-3-5-1/h2-6H,1H3;1-4H;5-6H,1-4H2. The monoisotopic (exact) mass is 282 g/mol. The molecule has 1 aromatic rings. The van der Waals surface area contributed by atoms with Crippen LogP contribution in [0.15, 0.2) is 54.6 Å². The number of benzene rings is 2. The molecule has 3 heteroatoms. The van der Waals surface area contributed by atoms with Gasteiger partial charge in [0.15, 0.2) is 5.78 Å². The van der Waals surface area contributed by atoms with Crippen molar-refractivity contribution >= 4 is 5.78 Å². The van der Waals surface area contributed by atoms with E-state index in [1.807, 2.05) is 30.3 Å². The fraction of sp³-hybridized carbons (Fsp3) is 0.278. The second-order valence-electron chi connectivity index (χ2n) is 5.00. The predicted octanol–water partition coefficient (Wildman–Crippen LogP) is 2.36. The van der Waals surface area contributed by atoms with Gasteiger partial charge in [0.05, 0.1) is 0 Å². The molecule has 0 radical (unpaired) electrons. The van der Waals surface area contributed by atoms with Gasteiger partial charge < -0.3 is 10.6 Å². The summed E-state index contributed by atoms with van der Waals surface area (Å²) in [6.07, 6.45) is 0. The normalized spacial score (nSPS) is 14.0. The van der Waals surface area contributed by atoms with Gasteiger partial charge in [0.1, 0.15) is 0 Å². The Bertz CT molecular complexity index is 587. The van der Waals surface area contributed by atoms with Crippen LogP contribution in [-0.4, -0.2) is 32.0 Å². The third-order valence-corrected chi connectivity index (χ3v) is 3.36. The van der Waals surface area contributed by atoms with E-state index in [2.05, 4.69) is 34.9 Å². The molecule has 0 spiro atoms. The Morgan fingerprint density at radius 1 is 0.762 bits per heavy atom. The van der Waals surface area contributed by atoms with Crippen molar-refractivity contribution in [3.8, 4) is 0 Å². The van der Waals surface area contributed by atoms with E-state index in [0.29, 0.717) is 0 Å². The molecule has 1 saturated heterocycles. The largest absolute Gasteiger partial charge is 0.314 e. The molecule has 0 amide bonds. The van der Waals surface area contributed by atoms with E-state index in [0.717, 1.165) is 31.7 Å². The van der Waals surface area contributed by atoms with Gasteiger partial charge >= 0.3 is 0 Å². The lowest BCUT2D eigenvalue weighted by Gasteiger charge is -2.11. The molecule has 2 aliphatic carbocycles. The van der Waals surface area contributed by atoms with Crippen LogP contribution in [0.2, 0.25) is 0 Å². The van der Waals surface area contributed by atoms with Crippen LogP contribution in [0.5, 0.6) is 0 Å². The van der Waals surface area contributed by atoms with Gasteiger partial charge in [-0.25, -0.2) is 0 Å². The number of hydrogen-bond donors (Lipinski definition) is 2. The second-order valence-corrected chi connectivity index (χ2v) is 5.00. The van der Waals surface area contributed by atoms with E-state index in [1.54, 1.807) is 6.92 Å². The van der Waals surface area contributed by atoms with E-state index in [1.165, 1.54) is 10.4 Å². The van der Waals surface area contributed by atoms with E-state index < -0.39 is 0 Å². The lowest BCUT2D eigenvalue weighted by molar-refractivity contribution is 0.101. The van der Waals surface area contributed by atoms with Crippen molar-refractivity contribution in [3.63, 3.8) is 0 Å². The van der Waals surface area contributed by atoms with Gasteiger partial charge in [-0.05, 0) is 17.4 Å². The third kappa shape index (κ3) is 5.14. The molecule has 4 rings (SSSR count). The SMILES string of the molecule is C1CNCCN1.CC(=O)c1ccccc1.c1cc2ccc1=2. The Balaban J connectivity index is 0.000000119. The number of nitrogens with one attached hydrogen (secondary N) is 2. The average molecular weight is 282 g/mol. The summed E-state index contributed by atoms with van der Waals surface area (Å²) in [5.41, 5.74) is 0.775. The van der Waals surface area contributed by atoms with Crippen molar-refractivity contribution in [3.05, 3.63) is 70.6 Å². The number of hydrogen-bond acceptors (Lipinski definition) is 3. The van der Waals surface area contributed by atoms with Crippen LogP contribution in [0.25, 0.3) is 0 Å². The first-order valence-electron chi connectivity index (χ1n) is 7.35. The van der Waals surface area contributed by atoms with E-state index >= 15 is 0 Å². The van der Waals surface area contributed by atoms with E-state index in [9.17, 15) is 4.79 Å². The van der Waals surface area contributed by atoms with Gasteiger partial charge in [-0.3, -0.25) is 4.79 Å². The Hall–Kier alpha value is -1.97. The zero-order valence-electron chi connectivity index (χ0n) is 12.4. The Kier molecular flexibility index (Phi) is 6.13. The summed E-state index contributed by atoms with van der Waals surface area (Å²) in [6, 6.07) is 17.7. The molecule has 21 heavy (non-hydrogen) atoms. The molecule has 1 aromatic carbocycles. The second kappa shape index (κ2) is 8.35. The quantitative estimate of drug-likeness (QED) is 0.673. The molecule has 1 aliphatic heterocycles. The summed E-state index contributed by atoms with van der Waals surface area (Å²) in [5, 5.41) is 9.30. The topological polar surface area (TPSA) is 41.1 Å². The van der Waals surface area contributed by atoms with Gasteiger partial charge in [-0.2, -0.15) is 0 Å². The van der Waals surface area contributed by atoms with Crippen LogP contribution in [0.1, 0.15) is 17.3 Å². The van der Waals surface area contributed by atoms with Crippen molar-refractivity contribution in [2.24, 2.45) is 0 Å². The molecular weight excluding hydrogens is 260 g/mol. The molecule has 0 saturated carbocycles. The lowest BCUT2D eigenvalue weighted by Crippen LogP contribution is -2.39. The minimum absolute atomic E-state index is 0.121. The molecule has 110 valence electrons. The highest BCUT2D eigenvalue weighted by molar-refractivity contribution is 5.93. The molecular formula is C18H22N2O. The molecule has 0 atom stereocenters. The van der Waals surface area contributed by atoms with Crippen molar-refractivity contribution in [1.29, 1.82) is 0 Å². The van der Waals surface area contributed by atoms with Gasteiger partial charge in [0.2, 0.25) is 0 Å². The van der Waals surface area contributed by atoms with E-state index in [4.69, 9.17) is 0 Å². The molecule has 0 aromatic heterocycles. The molecule has 1 heterocycles. The molecule has 2 N–H and O–H groups in total. The summed E-state index contributed by atoms with van der Waals surface area (Å²) >= 11 is 0. The zero-order valence-corrected chi connectivity index (χ0v) is 12.4. The van der Waals surface area contributed by atoms with Crippen LogP contribution in [0, 0.1) is 10.4 Å². The molecule has 3 aliphatic rings. The minimum atomic E-state index is 0.121. The van der Waals surface area contributed by atoms with Crippen LogP contribution in [-0.2, 0) is 0 Å². The number of ketones is 1. The van der Waals surface area contributed by atoms with Crippen LogP contribution >= 0.6 is 0 Å². The van der Waals surface area contributed by atoms with Gasteiger partial charge in [-0.1, -0.05) is 54.6 Å². The fourth-order valence-corrected chi connectivity index (χ4v) is 1.94. The first kappa shape index (κ1) is 15.4. The zero-order chi connectivity index (χ0) is 14.9. The lowest BCUT2D eigenvalue weighted by atomic mass is 10.1. The van der Waals surface area contributed by atoms with Gasteiger partial charge in [0.25, 0.3) is 0 Å². The maximum absolute atomic E-state index is 10.6. The summed E-state index contributed by atoms with van der Waals surface area (Å²) in [7, 11) is 0. The van der Waals surface area contributed by atoms with E-state index in [-0.39, 0.29) is 5.78 Å². The first-order chi connectivity index (χ1) is 10.3. The summed E-state index contributed by atoms with van der Waals surface area (Å²) in [5.74, 6) is 0.121. The van der Waals surface area contributed by atoms with Crippen molar-refractivity contribution in [2.45, 2.75) is 6.92 Å². The van der Waals surface area contributed by atoms with Crippen LogP contribution < -0.4 is 10.6 Å². The summed E-state index contributed by atoms with van der Waals surface area (Å²) in [6.45, 7) is 6.12. The summed E-state index contributed by atoms with van der Waals surface area (Å²) in [4.78, 5) is 10.6. The number of carbonyl (C=O) groups is 1. The van der Waals surface area contributed by atoms with Crippen molar-refractivity contribution in [1.82, 2.24) is 10.6 Å². The van der Waals surface area contributed by atoms with Gasteiger partial charge in [0, 0.05) is 31.7 Å². The average Bonchev–Trinajstić information content (AvgIpc) is 2.54. The Morgan fingerprint density at radius 2 is 1.19 bits per heavy atom. The van der Waals surface area contributed by atoms with Crippen LogP contribution in [0.3, 0.4) is 0 Å². The third-order valence-electron chi connectivity index (χ3n) is 3.36. The predicted molar refractivity (Wildman–Crippen MR) is 86.3 cm³/mol. The Morgan fingerprint density at radius 3 is 1.38 bits per heavy atom. The Labute approximate surface area is 125 Å². The highest BCUT2D eigenvalue weighted by atomic mass is 16.1. The molecule has 1 fully saturated rings. The maximum Gasteiger partial charge on any atom is 0.159 e. The smallest absolute Gasteiger partial charge is 0.159 e. The number of carbonyl (C=O) groups excluding carboxylic acids is 1. The minimum Gasteiger partial charge on any atom is -0.314 e. The molecule has 0 bridgehead atoms. The van der Waals surface area contributed by atoms with Gasteiger partial charge in [-0.15, -0.1) is 0 Å². The highest BCUT2D eigenvalue weighted by Crippen LogP contribution is 2.04. The summed E-state index contributed by atoms with van der Waals surface area (Å²) < 4.78 is 0. The molecule has 3 nitrogen and oxygen atoms in total. The number of Topliss-reactive ketones (excluding diaryl/α,β-unsaturated/α-hetero) is 1. The first-order valence-corrected chi connectivity index (χ1v) is 7.35. The number of rotatable bonds is 1. The molecule has 0 unspecified atom stereocenters. The van der Waals surface area contributed by atoms with Crippen molar-refractivity contribution in [2.75, 3.05) is 26.2 Å². The fourth-order valence-electron chi connectivity index (χ4n) is 1.94. The maximum atomic E-state index is 10.6.